The first-order valence-electron chi connectivity index (χ1n) is 10.3. The number of anilines is 1. The summed E-state index contributed by atoms with van der Waals surface area (Å²) in [6.07, 6.45) is -0.287. The minimum Gasteiger partial charge on any atom is -0.443 e. The van der Waals surface area contributed by atoms with Crippen molar-refractivity contribution in [2.45, 2.75) is 59.5 Å². The number of benzene rings is 2. The second-order valence-corrected chi connectivity index (χ2v) is 9.22. The summed E-state index contributed by atoms with van der Waals surface area (Å²) in [4.78, 5) is 27.8. The molecule has 1 aliphatic rings. The maximum absolute atomic E-state index is 13.4. The van der Waals surface area contributed by atoms with Crippen LogP contribution in [-0.2, 0) is 9.53 Å². The van der Waals surface area contributed by atoms with Gasteiger partial charge < -0.3 is 4.74 Å². The molecule has 4 nitrogen and oxygen atoms in total. The van der Waals surface area contributed by atoms with Crippen molar-refractivity contribution in [3.05, 3.63) is 54.1 Å². The fraction of sp³-hybridized carbons (Fsp3) is 0.440. The van der Waals surface area contributed by atoms with Crippen LogP contribution in [0, 0.1) is 11.8 Å². The van der Waals surface area contributed by atoms with Gasteiger partial charge in [0.25, 0.3) is 0 Å². The van der Waals surface area contributed by atoms with Crippen LogP contribution in [0.15, 0.2) is 48.5 Å². The fourth-order valence-corrected chi connectivity index (χ4v) is 4.17. The second-order valence-electron chi connectivity index (χ2n) is 9.22. The van der Waals surface area contributed by atoms with Crippen molar-refractivity contribution in [1.29, 1.82) is 0 Å². The van der Waals surface area contributed by atoms with Crippen LogP contribution in [0.4, 0.5) is 10.5 Å². The zero-order valence-corrected chi connectivity index (χ0v) is 18.2. The Bertz CT molecular complexity index is 896. The number of carbonyl (C=O) groups is 2. The normalized spacial score (nSPS) is 19.7. The third-order valence-corrected chi connectivity index (χ3v) is 5.60. The van der Waals surface area contributed by atoms with Crippen molar-refractivity contribution in [2.24, 2.45) is 11.8 Å². The van der Waals surface area contributed by atoms with E-state index in [1.54, 1.807) is 0 Å². The summed E-state index contributed by atoms with van der Waals surface area (Å²) in [5.74, 6) is 0.414. The number of rotatable bonds is 2. The predicted octanol–water partition coefficient (Wildman–Crippen LogP) is 6.40. The maximum atomic E-state index is 13.4. The SMILES string of the molecule is CC(C)C1CC(=O)N(C(=O)OC(C)(C)C)c2c(-c3ccccc3)cccc2C1C. The molecule has 0 saturated carbocycles. The molecule has 2 aromatic rings. The van der Waals surface area contributed by atoms with Crippen molar-refractivity contribution in [2.75, 3.05) is 4.90 Å². The van der Waals surface area contributed by atoms with Crippen LogP contribution < -0.4 is 4.90 Å². The molecule has 154 valence electrons. The molecule has 0 N–H and O–H groups in total. The average molecular weight is 394 g/mol. The predicted molar refractivity (Wildman–Crippen MR) is 117 cm³/mol. The van der Waals surface area contributed by atoms with Crippen LogP contribution in [0.2, 0.25) is 0 Å². The van der Waals surface area contributed by atoms with Gasteiger partial charge in [0, 0.05) is 12.0 Å². The Hall–Kier alpha value is -2.62. The highest BCUT2D eigenvalue weighted by atomic mass is 16.6. The number of imide groups is 1. The highest BCUT2D eigenvalue weighted by Gasteiger charge is 2.40. The molecule has 2 unspecified atom stereocenters. The van der Waals surface area contributed by atoms with Crippen LogP contribution in [0.5, 0.6) is 0 Å². The van der Waals surface area contributed by atoms with Gasteiger partial charge >= 0.3 is 6.09 Å². The van der Waals surface area contributed by atoms with E-state index in [1.807, 2.05) is 69.3 Å². The summed E-state index contributed by atoms with van der Waals surface area (Å²) in [5.41, 5.74) is 2.84. The molecule has 0 fully saturated rings. The first kappa shape index (κ1) is 21.1. The van der Waals surface area contributed by atoms with Crippen LogP contribution in [0.3, 0.4) is 0 Å². The lowest BCUT2D eigenvalue weighted by Crippen LogP contribution is -2.41. The van der Waals surface area contributed by atoms with Gasteiger partial charge in [-0.15, -0.1) is 0 Å². The van der Waals surface area contributed by atoms with Gasteiger partial charge in [-0.3, -0.25) is 4.79 Å². The van der Waals surface area contributed by atoms with Gasteiger partial charge in [-0.1, -0.05) is 69.3 Å². The van der Waals surface area contributed by atoms with Crippen molar-refractivity contribution in [1.82, 2.24) is 0 Å². The van der Waals surface area contributed by atoms with E-state index in [4.69, 9.17) is 4.74 Å². The quantitative estimate of drug-likeness (QED) is 0.593. The fourth-order valence-electron chi connectivity index (χ4n) is 4.17. The highest BCUT2D eigenvalue weighted by molar-refractivity contribution is 6.15. The number of hydrogen-bond donors (Lipinski definition) is 0. The molecular formula is C25H31NO3. The van der Waals surface area contributed by atoms with E-state index in [2.05, 4.69) is 20.8 Å². The number of fused-ring (bicyclic) bond motifs is 1. The maximum Gasteiger partial charge on any atom is 0.421 e. The molecule has 0 radical (unpaired) electrons. The summed E-state index contributed by atoms with van der Waals surface area (Å²) in [6.45, 7) is 11.9. The van der Waals surface area contributed by atoms with Crippen LogP contribution in [0.25, 0.3) is 11.1 Å². The molecule has 0 spiro atoms. The Balaban J connectivity index is 2.25. The molecule has 1 heterocycles. The first-order valence-corrected chi connectivity index (χ1v) is 10.3. The molecule has 0 bridgehead atoms. The summed E-state index contributed by atoms with van der Waals surface area (Å²) in [5, 5.41) is 0. The number of nitrogens with zero attached hydrogens (tertiary/aromatic N) is 1. The third kappa shape index (κ3) is 4.36. The molecule has 1 aliphatic heterocycles. The van der Waals surface area contributed by atoms with Crippen molar-refractivity contribution >= 4 is 17.7 Å². The minimum atomic E-state index is -0.686. The Kier molecular flexibility index (Phi) is 5.83. The number of ether oxygens (including phenoxy) is 1. The van der Waals surface area contributed by atoms with Crippen LogP contribution in [-0.4, -0.2) is 17.6 Å². The molecule has 2 aromatic carbocycles. The van der Waals surface area contributed by atoms with Gasteiger partial charge in [0.05, 0.1) is 5.69 Å². The lowest BCUT2D eigenvalue weighted by atomic mass is 9.78. The van der Waals surface area contributed by atoms with E-state index >= 15 is 0 Å². The highest BCUT2D eigenvalue weighted by Crippen LogP contribution is 2.45. The summed E-state index contributed by atoms with van der Waals surface area (Å²) >= 11 is 0. The zero-order valence-electron chi connectivity index (χ0n) is 18.2. The Labute approximate surface area is 173 Å². The van der Waals surface area contributed by atoms with E-state index in [0.717, 1.165) is 16.7 Å². The Morgan fingerprint density at radius 2 is 1.72 bits per heavy atom. The van der Waals surface area contributed by atoms with Gasteiger partial charge in [0.1, 0.15) is 5.60 Å². The zero-order chi connectivity index (χ0) is 21.3. The summed E-state index contributed by atoms with van der Waals surface area (Å²) in [7, 11) is 0. The van der Waals surface area contributed by atoms with E-state index < -0.39 is 11.7 Å². The van der Waals surface area contributed by atoms with E-state index in [1.165, 1.54) is 4.90 Å². The van der Waals surface area contributed by atoms with Crippen molar-refractivity contribution in [3.8, 4) is 11.1 Å². The monoisotopic (exact) mass is 393 g/mol. The number of carbonyl (C=O) groups excluding carboxylic acids is 2. The molecule has 29 heavy (non-hydrogen) atoms. The topological polar surface area (TPSA) is 46.6 Å². The Morgan fingerprint density at radius 1 is 1.07 bits per heavy atom. The lowest BCUT2D eigenvalue weighted by Gasteiger charge is -2.28. The molecule has 4 heteroatoms. The molecule has 0 saturated heterocycles. The average Bonchev–Trinajstić information content (AvgIpc) is 2.75. The number of para-hydroxylation sites is 1. The molecule has 0 aliphatic carbocycles. The van der Waals surface area contributed by atoms with E-state index in [0.29, 0.717) is 18.0 Å². The smallest absolute Gasteiger partial charge is 0.421 e. The standard InChI is InChI=1S/C25H31NO3/c1-16(2)21-15-22(27)26(24(28)29-25(4,5)6)23-19(17(21)3)13-10-14-20(23)18-11-8-7-9-12-18/h7-14,16-17,21H,15H2,1-6H3. The third-order valence-electron chi connectivity index (χ3n) is 5.60. The lowest BCUT2D eigenvalue weighted by molar-refractivity contribution is -0.119. The van der Waals surface area contributed by atoms with Gasteiger partial charge in [0.2, 0.25) is 5.91 Å². The summed E-state index contributed by atoms with van der Waals surface area (Å²) < 4.78 is 5.65. The molecular weight excluding hydrogens is 362 g/mol. The molecule has 2 amide bonds. The van der Waals surface area contributed by atoms with Gasteiger partial charge in [-0.25, -0.2) is 9.69 Å². The van der Waals surface area contributed by atoms with E-state index in [-0.39, 0.29) is 17.7 Å². The van der Waals surface area contributed by atoms with Crippen LogP contribution in [0.1, 0.15) is 59.4 Å². The van der Waals surface area contributed by atoms with E-state index in [9.17, 15) is 9.59 Å². The second kappa shape index (κ2) is 8.02. The van der Waals surface area contributed by atoms with Gasteiger partial charge in [-0.2, -0.15) is 0 Å². The molecule has 3 rings (SSSR count). The number of hydrogen-bond acceptors (Lipinski definition) is 3. The minimum absolute atomic E-state index is 0.144. The first-order chi connectivity index (χ1) is 13.6. The van der Waals surface area contributed by atoms with Crippen LogP contribution >= 0.6 is 0 Å². The molecule has 2 atom stereocenters. The number of amides is 2. The van der Waals surface area contributed by atoms with Gasteiger partial charge in [0.15, 0.2) is 0 Å². The van der Waals surface area contributed by atoms with Crippen molar-refractivity contribution in [3.63, 3.8) is 0 Å². The molecule has 0 aromatic heterocycles. The summed E-state index contributed by atoms with van der Waals surface area (Å²) in [6, 6.07) is 15.9. The van der Waals surface area contributed by atoms with Gasteiger partial charge in [-0.05, 0) is 49.7 Å². The Morgan fingerprint density at radius 3 is 2.31 bits per heavy atom. The largest absolute Gasteiger partial charge is 0.443 e. The van der Waals surface area contributed by atoms with Crippen molar-refractivity contribution < 1.29 is 14.3 Å².